The highest BCUT2D eigenvalue weighted by Crippen LogP contribution is 2.43. The van der Waals surface area contributed by atoms with Crippen LogP contribution in [0.3, 0.4) is 0 Å². The van der Waals surface area contributed by atoms with Gasteiger partial charge in [-0.25, -0.2) is 0 Å². The van der Waals surface area contributed by atoms with Gasteiger partial charge in [0.05, 0.1) is 6.04 Å². The number of nitrogens with zero attached hydrogens (tertiary/aromatic N) is 3. The molecule has 0 bridgehead atoms. The van der Waals surface area contributed by atoms with Crippen LogP contribution in [0.5, 0.6) is 0 Å². The predicted octanol–water partition coefficient (Wildman–Crippen LogP) is 2.55. The van der Waals surface area contributed by atoms with Gasteiger partial charge >= 0.3 is 0 Å². The highest BCUT2D eigenvalue weighted by Gasteiger charge is 2.40. The molecule has 3 rings (SSSR count). The van der Waals surface area contributed by atoms with E-state index in [0.29, 0.717) is 11.5 Å². The van der Waals surface area contributed by atoms with Crippen LogP contribution in [0.4, 0.5) is 0 Å². The third-order valence-electron chi connectivity index (χ3n) is 4.94. The number of hydrogen-bond donors (Lipinski definition) is 1. The quantitative estimate of drug-likeness (QED) is 0.894. The second-order valence-electron chi connectivity index (χ2n) is 5.79. The summed E-state index contributed by atoms with van der Waals surface area (Å²) in [5.41, 5.74) is 0.320. The fourth-order valence-corrected chi connectivity index (χ4v) is 3.74. The van der Waals surface area contributed by atoms with Crippen molar-refractivity contribution in [1.82, 2.24) is 20.1 Å². The molecule has 1 aliphatic carbocycles. The highest BCUT2D eigenvalue weighted by molar-refractivity contribution is 5.15. The zero-order valence-electron chi connectivity index (χ0n) is 11.6. The first-order valence-corrected chi connectivity index (χ1v) is 7.47. The van der Waals surface area contributed by atoms with E-state index in [1.807, 2.05) is 0 Å². The molecule has 0 spiro atoms. The minimum atomic E-state index is 0.320. The summed E-state index contributed by atoms with van der Waals surface area (Å²) in [5.74, 6) is 2.44. The second-order valence-corrected chi connectivity index (χ2v) is 5.79. The Bertz CT molecular complexity index is 417. The Morgan fingerprint density at radius 2 is 2.06 bits per heavy atom. The van der Waals surface area contributed by atoms with Crippen LogP contribution >= 0.6 is 0 Å². The summed E-state index contributed by atoms with van der Waals surface area (Å²) in [6.07, 6.45) is 7.60. The van der Waals surface area contributed by atoms with Crippen molar-refractivity contribution in [3.05, 3.63) is 11.6 Å². The van der Waals surface area contributed by atoms with Crippen LogP contribution in [0.15, 0.2) is 0 Å². The van der Waals surface area contributed by atoms with Gasteiger partial charge in [-0.05, 0) is 25.7 Å². The van der Waals surface area contributed by atoms with E-state index in [1.165, 1.54) is 43.8 Å². The van der Waals surface area contributed by atoms with Crippen molar-refractivity contribution in [2.45, 2.75) is 70.4 Å². The third kappa shape index (κ3) is 1.69. The number of aromatic nitrogens is 3. The first-order valence-electron chi connectivity index (χ1n) is 7.47. The summed E-state index contributed by atoms with van der Waals surface area (Å²) >= 11 is 0. The zero-order valence-corrected chi connectivity index (χ0v) is 11.6. The first-order chi connectivity index (χ1) is 8.80. The number of nitrogens with one attached hydrogen (secondary N) is 1. The second kappa shape index (κ2) is 4.65. The lowest BCUT2D eigenvalue weighted by Gasteiger charge is -2.30. The molecular formula is C14H24N4. The molecule has 0 aromatic carbocycles. The number of fused-ring (bicyclic) bond motifs is 1. The van der Waals surface area contributed by atoms with Crippen LogP contribution in [0.2, 0.25) is 0 Å². The number of hydrogen-bond acceptors (Lipinski definition) is 3. The van der Waals surface area contributed by atoms with Gasteiger partial charge in [0.2, 0.25) is 0 Å². The van der Waals surface area contributed by atoms with E-state index < -0.39 is 0 Å². The van der Waals surface area contributed by atoms with Crippen LogP contribution in [0, 0.1) is 0 Å². The molecule has 1 aliphatic heterocycles. The molecule has 18 heavy (non-hydrogen) atoms. The van der Waals surface area contributed by atoms with E-state index in [2.05, 4.69) is 33.9 Å². The van der Waals surface area contributed by atoms with E-state index in [9.17, 15) is 0 Å². The molecule has 0 radical (unpaired) electrons. The monoisotopic (exact) mass is 248 g/mol. The maximum absolute atomic E-state index is 4.59. The summed E-state index contributed by atoms with van der Waals surface area (Å²) in [6, 6.07) is 0.398. The van der Waals surface area contributed by atoms with Crippen LogP contribution in [0.1, 0.15) is 70.1 Å². The van der Waals surface area contributed by atoms with Crippen molar-refractivity contribution < 1.29 is 0 Å². The molecule has 1 aromatic heterocycles. The molecule has 1 saturated carbocycles. The maximum atomic E-state index is 4.59. The van der Waals surface area contributed by atoms with Gasteiger partial charge in [0.25, 0.3) is 0 Å². The van der Waals surface area contributed by atoms with Gasteiger partial charge in [0, 0.05) is 18.5 Å². The van der Waals surface area contributed by atoms with Gasteiger partial charge < -0.3 is 9.88 Å². The fraction of sp³-hybridized carbons (Fsp3) is 0.857. The van der Waals surface area contributed by atoms with E-state index in [0.717, 1.165) is 19.5 Å². The molecule has 2 aliphatic rings. The normalized spacial score (nSPS) is 26.2. The fourth-order valence-electron chi connectivity index (χ4n) is 3.74. The lowest BCUT2D eigenvalue weighted by Crippen LogP contribution is -2.36. The van der Waals surface area contributed by atoms with E-state index >= 15 is 0 Å². The summed E-state index contributed by atoms with van der Waals surface area (Å²) in [6.45, 7) is 6.62. The molecule has 100 valence electrons. The Balaban J connectivity index is 2.01. The lowest BCUT2D eigenvalue weighted by atomic mass is 9.82. The van der Waals surface area contributed by atoms with Crippen LogP contribution < -0.4 is 5.32 Å². The van der Waals surface area contributed by atoms with Gasteiger partial charge in [-0.3, -0.25) is 0 Å². The van der Waals surface area contributed by atoms with Gasteiger partial charge in [-0.1, -0.05) is 26.7 Å². The third-order valence-corrected chi connectivity index (χ3v) is 4.94. The van der Waals surface area contributed by atoms with Gasteiger partial charge in [-0.2, -0.15) is 0 Å². The molecule has 1 N–H and O–H groups in total. The Kier molecular flexibility index (Phi) is 3.14. The van der Waals surface area contributed by atoms with Gasteiger partial charge in [-0.15, -0.1) is 10.2 Å². The zero-order chi connectivity index (χ0) is 12.6. The Morgan fingerprint density at radius 3 is 2.72 bits per heavy atom. The van der Waals surface area contributed by atoms with Crippen molar-refractivity contribution in [2.75, 3.05) is 6.54 Å². The minimum absolute atomic E-state index is 0.320. The number of rotatable bonds is 3. The first kappa shape index (κ1) is 12.2. The van der Waals surface area contributed by atoms with Crippen LogP contribution in [-0.4, -0.2) is 21.3 Å². The highest BCUT2D eigenvalue weighted by atomic mass is 15.3. The molecule has 2 heterocycles. The molecule has 1 unspecified atom stereocenters. The minimum Gasteiger partial charge on any atom is -0.312 e. The average Bonchev–Trinajstić information content (AvgIpc) is 3.05. The topological polar surface area (TPSA) is 42.7 Å². The van der Waals surface area contributed by atoms with Gasteiger partial charge in [0.1, 0.15) is 11.6 Å². The average molecular weight is 248 g/mol. The SMILES string of the molecule is CCC1NCCn2c1nnc2C1(CC)CCCC1. The smallest absolute Gasteiger partial charge is 0.150 e. The molecule has 0 amide bonds. The Hall–Kier alpha value is -0.900. The predicted molar refractivity (Wildman–Crippen MR) is 71.5 cm³/mol. The van der Waals surface area contributed by atoms with Crippen LogP contribution in [0.25, 0.3) is 0 Å². The Morgan fingerprint density at radius 1 is 1.28 bits per heavy atom. The molecule has 1 atom stereocenters. The van der Waals surface area contributed by atoms with E-state index in [1.54, 1.807) is 0 Å². The molecular weight excluding hydrogens is 224 g/mol. The van der Waals surface area contributed by atoms with Crippen molar-refractivity contribution in [3.8, 4) is 0 Å². The largest absolute Gasteiger partial charge is 0.312 e. The molecule has 4 heteroatoms. The standard InChI is InChI=1S/C14H24N4/c1-3-11-12-16-17-13(18(12)10-9-15-11)14(4-2)7-5-6-8-14/h11,15H,3-10H2,1-2H3. The Labute approximate surface area is 109 Å². The molecule has 0 saturated heterocycles. The van der Waals surface area contributed by atoms with Crippen molar-refractivity contribution in [3.63, 3.8) is 0 Å². The summed E-state index contributed by atoms with van der Waals surface area (Å²) < 4.78 is 2.42. The van der Waals surface area contributed by atoms with Crippen molar-refractivity contribution in [2.24, 2.45) is 0 Å². The van der Waals surface area contributed by atoms with Crippen LogP contribution in [-0.2, 0) is 12.0 Å². The van der Waals surface area contributed by atoms with E-state index in [4.69, 9.17) is 0 Å². The summed E-state index contributed by atoms with van der Waals surface area (Å²) in [7, 11) is 0. The molecule has 4 nitrogen and oxygen atoms in total. The summed E-state index contributed by atoms with van der Waals surface area (Å²) in [4.78, 5) is 0. The molecule has 1 fully saturated rings. The van der Waals surface area contributed by atoms with Crippen molar-refractivity contribution >= 4 is 0 Å². The lowest BCUT2D eigenvalue weighted by molar-refractivity contribution is 0.347. The van der Waals surface area contributed by atoms with Crippen molar-refractivity contribution in [1.29, 1.82) is 0 Å². The molecule has 1 aromatic rings. The van der Waals surface area contributed by atoms with Gasteiger partial charge in [0.15, 0.2) is 0 Å². The maximum Gasteiger partial charge on any atom is 0.150 e. The van der Waals surface area contributed by atoms with E-state index in [-0.39, 0.29) is 0 Å². The summed E-state index contributed by atoms with van der Waals surface area (Å²) in [5, 5.41) is 12.6.